The summed E-state index contributed by atoms with van der Waals surface area (Å²) >= 11 is 0. The van der Waals surface area contributed by atoms with Gasteiger partial charge in [0.1, 0.15) is 12.7 Å². The fourth-order valence-electron chi connectivity index (χ4n) is 3.47. The molecule has 13 heteroatoms. The van der Waals surface area contributed by atoms with Crippen LogP contribution in [0.25, 0.3) is 22.5 Å². The molecule has 3 aromatic rings. The normalized spacial score (nSPS) is 18.8. The van der Waals surface area contributed by atoms with Crippen LogP contribution in [0.2, 0.25) is 0 Å². The molecule has 1 saturated heterocycles. The van der Waals surface area contributed by atoms with E-state index >= 15 is 0 Å². The summed E-state index contributed by atoms with van der Waals surface area (Å²) in [7, 11) is 0. The van der Waals surface area contributed by atoms with Crippen molar-refractivity contribution in [3.8, 4) is 22.5 Å². The van der Waals surface area contributed by atoms with Crippen molar-refractivity contribution in [2.75, 3.05) is 18.8 Å². The Bertz CT molecular complexity index is 1150. The Hall–Kier alpha value is -3.61. The lowest BCUT2D eigenvalue weighted by Gasteiger charge is -2.26. The van der Waals surface area contributed by atoms with Gasteiger partial charge in [0, 0.05) is 49.1 Å². The van der Waals surface area contributed by atoms with Crippen molar-refractivity contribution in [3.05, 3.63) is 42.6 Å². The number of nitrogens with one attached hydrogen (secondary N) is 2. The molecule has 1 aliphatic rings. The Morgan fingerprint density at radius 3 is 2.79 bits per heavy atom. The van der Waals surface area contributed by atoms with Crippen LogP contribution >= 0.6 is 0 Å². The second-order valence-corrected chi connectivity index (χ2v) is 7.62. The number of nitrogen functional groups attached to an aromatic ring is 1. The molecule has 0 aromatic carbocycles. The highest BCUT2D eigenvalue weighted by atomic mass is 19.4. The average molecular weight is 464 g/mol. The van der Waals surface area contributed by atoms with Crippen molar-refractivity contribution < 1.29 is 22.4 Å². The summed E-state index contributed by atoms with van der Waals surface area (Å²) in [6, 6.07) is 2.80. The van der Waals surface area contributed by atoms with Gasteiger partial charge in [0.15, 0.2) is 11.5 Å². The van der Waals surface area contributed by atoms with E-state index in [4.69, 9.17) is 5.73 Å². The molecule has 0 spiro atoms. The van der Waals surface area contributed by atoms with Gasteiger partial charge in [0.25, 0.3) is 5.91 Å². The fraction of sp³-hybridized carbons (Fsp3) is 0.350. The van der Waals surface area contributed by atoms with E-state index in [1.807, 2.05) is 0 Å². The van der Waals surface area contributed by atoms with Gasteiger partial charge in [-0.15, -0.1) is 0 Å². The first-order valence-corrected chi connectivity index (χ1v) is 10.0. The van der Waals surface area contributed by atoms with E-state index in [-0.39, 0.29) is 24.5 Å². The minimum atomic E-state index is -4.39. The minimum Gasteiger partial charge on any atom is -0.382 e. The van der Waals surface area contributed by atoms with Gasteiger partial charge in [-0.1, -0.05) is 0 Å². The Kier molecular flexibility index (Phi) is 6.22. The van der Waals surface area contributed by atoms with Crippen LogP contribution in [0.15, 0.2) is 36.9 Å². The summed E-state index contributed by atoms with van der Waals surface area (Å²) < 4.78 is 52.1. The summed E-state index contributed by atoms with van der Waals surface area (Å²) in [5.74, 6) is -0.662. The molecule has 4 rings (SSSR count). The number of carbonyl (C=O) groups is 1. The van der Waals surface area contributed by atoms with E-state index < -0.39 is 30.8 Å². The lowest BCUT2D eigenvalue weighted by atomic mass is 10.1. The fourth-order valence-corrected chi connectivity index (χ4v) is 3.47. The van der Waals surface area contributed by atoms with Gasteiger partial charge < -0.3 is 16.4 Å². The van der Waals surface area contributed by atoms with Crippen LogP contribution in [0.4, 0.5) is 23.4 Å². The molecule has 1 fully saturated rings. The number of rotatable bonds is 5. The number of anilines is 1. The summed E-state index contributed by atoms with van der Waals surface area (Å²) in [6.07, 6.45) is 0.0756. The summed E-state index contributed by atoms with van der Waals surface area (Å²) in [6.45, 7) is -0.549. The number of pyridine rings is 1. The molecule has 0 unspecified atom stereocenters. The number of amides is 1. The molecule has 1 amide bonds. The maximum absolute atomic E-state index is 13.6. The number of nitrogens with two attached hydrogens (primary N) is 1. The molecule has 3 aromatic heterocycles. The molecule has 0 bridgehead atoms. The number of nitrogens with zero attached hydrogens (tertiary/aromatic N) is 5. The van der Waals surface area contributed by atoms with Gasteiger partial charge >= 0.3 is 6.18 Å². The molecule has 2 atom stereocenters. The van der Waals surface area contributed by atoms with E-state index in [1.165, 1.54) is 24.8 Å². The molecule has 174 valence electrons. The van der Waals surface area contributed by atoms with Crippen molar-refractivity contribution in [3.63, 3.8) is 0 Å². The Morgan fingerprint density at radius 2 is 2.03 bits per heavy atom. The quantitative estimate of drug-likeness (QED) is 0.494. The SMILES string of the molecule is Nc1ncc(-c2ccnc(-c3cnn(CC(F)(F)F)c3)c2)nc1C(=O)N[C@@H]1CNC[C@@H](F)C1. The Morgan fingerprint density at radius 1 is 1.21 bits per heavy atom. The van der Waals surface area contributed by atoms with Crippen LogP contribution in [0.3, 0.4) is 0 Å². The number of hydrogen-bond acceptors (Lipinski definition) is 7. The van der Waals surface area contributed by atoms with Crippen LogP contribution in [-0.2, 0) is 6.54 Å². The highest BCUT2D eigenvalue weighted by Gasteiger charge is 2.28. The van der Waals surface area contributed by atoms with Crippen LogP contribution < -0.4 is 16.4 Å². The van der Waals surface area contributed by atoms with Gasteiger partial charge in [-0.2, -0.15) is 18.3 Å². The summed E-state index contributed by atoms with van der Waals surface area (Å²) in [4.78, 5) is 25.2. The van der Waals surface area contributed by atoms with E-state index in [1.54, 1.807) is 12.1 Å². The van der Waals surface area contributed by atoms with Gasteiger partial charge in [-0.25, -0.2) is 14.4 Å². The summed E-state index contributed by atoms with van der Waals surface area (Å²) in [5.41, 5.74) is 7.31. The van der Waals surface area contributed by atoms with Crippen LogP contribution in [0.5, 0.6) is 0 Å². The highest BCUT2D eigenvalue weighted by Crippen LogP contribution is 2.25. The third kappa shape index (κ3) is 5.61. The summed E-state index contributed by atoms with van der Waals surface area (Å²) in [5, 5.41) is 9.32. The highest BCUT2D eigenvalue weighted by molar-refractivity contribution is 5.97. The van der Waals surface area contributed by atoms with Crippen LogP contribution in [-0.4, -0.2) is 62.1 Å². The van der Waals surface area contributed by atoms with E-state index in [9.17, 15) is 22.4 Å². The zero-order valence-electron chi connectivity index (χ0n) is 17.2. The van der Waals surface area contributed by atoms with E-state index in [2.05, 4.69) is 30.7 Å². The number of piperidine rings is 1. The Labute approximate surface area is 185 Å². The molecule has 1 aliphatic heterocycles. The largest absolute Gasteiger partial charge is 0.408 e. The van der Waals surface area contributed by atoms with Crippen LogP contribution in [0, 0.1) is 0 Å². The van der Waals surface area contributed by atoms with Gasteiger partial charge in [0.05, 0.1) is 23.8 Å². The van der Waals surface area contributed by atoms with Crippen molar-refractivity contribution in [2.24, 2.45) is 0 Å². The van der Waals surface area contributed by atoms with Gasteiger partial charge in [0.2, 0.25) is 0 Å². The molecule has 9 nitrogen and oxygen atoms in total. The molecule has 0 saturated carbocycles. The lowest BCUT2D eigenvalue weighted by Crippen LogP contribution is -2.49. The van der Waals surface area contributed by atoms with Gasteiger partial charge in [-0.05, 0) is 12.1 Å². The molecule has 4 heterocycles. The predicted molar refractivity (Wildman–Crippen MR) is 111 cm³/mol. The number of hydrogen-bond donors (Lipinski definition) is 3. The van der Waals surface area contributed by atoms with E-state index in [0.29, 0.717) is 29.1 Å². The van der Waals surface area contributed by atoms with Crippen LogP contribution in [0.1, 0.15) is 16.9 Å². The zero-order valence-corrected chi connectivity index (χ0v) is 17.2. The second kappa shape index (κ2) is 9.10. The third-order valence-corrected chi connectivity index (χ3v) is 4.97. The van der Waals surface area contributed by atoms with Gasteiger partial charge in [-0.3, -0.25) is 14.5 Å². The topological polar surface area (TPSA) is 124 Å². The lowest BCUT2D eigenvalue weighted by molar-refractivity contribution is -0.142. The number of alkyl halides is 4. The first kappa shape index (κ1) is 22.6. The standard InChI is InChI=1S/C20H20F4N8O/c21-13-4-14(7-26-6-13)30-19(33)17-18(25)28-8-16(31-17)11-1-2-27-15(3-11)12-5-29-32(9-12)10-20(22,23)24/h1-3,5,8-9,13-14,26H,4,6-7,10H2,(H2,25,28)(H,30,33)/t13-,14-/m0/s1. The smallest absolute Gasteiger partial charge is 0.382 e. The number of halogens is 4. The van der Waals surface area contributed by atoms with E-state index in [0.717, 1.165) is 4.68 Å². The second-order valence-electron chi connectivity index (χ2n) is 7.62. The minimum absolute atomic E-state index is 0.0838. The third-order valence-electron chi connectivity index (χ3n) is 4.97. The molecular formula is C20H20F4N8O. The van der Waals surface area contributed by atoms with Crippen molar-refractivity contribution in [1.82, 2.24) is 35.4 Å². The zero-order chi connectivity index (χ0) is 23.6. The first-order valence-electron chi connectivity index (χ1n) is 10.0. The maximum Gasteiger partial charge on any atom is 0.408 e. The van der Waals surface area contributed by atoms with Crippen molar-refractivity contribution >= 4 is 11.7 Å². The molecular weight excluding hydrogens is 444 g/mol. The first-order chi connectivity index (χ1) is 15.7. The number of carbonyl (C=O) groups excluding carboxylic acids is 1. The van der Waals surface area contributed by atoms with Crippen molar-refractivity contribution in [1.29, 1.82) is 0 Å². The number of aromatic nitrogens is 5. The van der Waals surface area contributed by atoms with Crippen molar-refractivity contribution in [2.45, 2.75) is 31.4 Å². The Balaban J connectivity index is 1.56. The maximum atomic E-state index is 13.6. The molecule has 4 N–H and O–H groups in total. The monoisotopic (exact) mass is 464 g/mol. The average Bonchev–Trinajstić information content (AvgIpc) is 3.21. The molecule has 33 heavy (non-hydrogen) atoms. The predicted octanol–water partition coefficient (Wildman–Crippen LogP) is 1.98. The molecule has 0 radical (unpaired) electrons. The molecule has 0 aliphatic carbocycles.